The number of carbonyl (C=O) groups is 4. The van der Waals surface area contributed by atoms with Crippen molar-refractivity contribution in [1.29, 1.82) is 0 Å². The minimum atomic E-state index is -0.949. The molecule has 10 heteroatoms. The van der Waals surface area contributed by atoms with Crippen molar-refractivity contribution >= 4 is 24.1 Å². The van der Waals surface area contributed by atoms with Crippen molar-refractivity contribution in [2.75, 3.05) is 14.2 Å². The number of nitrogens with one attached hydrogen (secondary N) is 2. The highest BCUT2D eigenvalue weighted by molar-refractivity contribution is 5.71. The number of esters is 2. The lowest BCUT2D eigenvalue weighted by molar-refractivity contribution is -0.151. The lowest BCUT2D eigenvalue weighted by atomic mass is 9.90. The molecule has 0 aromatic heterocycles. The monoisotopic (exact) mass is 344 g/mol. The van der Waals surface area contributed by atoms with Crippen LogP contribution in [-0.4, -0.2) is 62.6 Å². The van der Waals surface area contributed by atoms with Gasteiger partial charge in [0.1, 0.15) is 12.2 Å². The lowest BCUT2D eigenvalue weighted by Gasteiger charge is -2.38. The molecular formula is C14H20N2O8. The molecule has 0 radical (unpaired) electrons. The summed E-state index contributed by atoms with van der Waals surface area (Å²) in [7, 11) is 2.31. The van der Waals surface area contributed by atoms with Crippen LogP contribution in [0.25, 0.3) is 0 Å². The van der Waals surface area contributed by atoms with Gasteiger partial charge in [-0.2, -0.15) is 0 Å². The molecule has 4 atom stereocenters. The van der Waals surface area contributed by atoms with Gasteiger partial charge in [-0.15, -0.1) is 0 Å². The van der Waals surface area contributed by atoms with Crippen molar-refractivity contribution in [2.24, 2.45) is 0 Å². The van der Waals surface area contributed by atoms with Crippen LogP contribution in [0.15, 0.2) is 12.2 Å². The zero-order valence-corrected chi connectivity index (χ0v) is 13.7. The Morgan fingerprint density at radius 2 is 1.08 bits per heavy atom. The highest BCUT2D eigenvalue weighted by atomic mass is 16.6. The summed E-state index contributed by atoms with van der Waals surface area (Å²) in [6.45, 7) is 2.40. The minimum absolute atomic E-state index is 0.593. The van der Waals surface area contributed by atoms with E-state index in [0.29, 0.717) is 0 Å². The highest BCUT2D eigenvalue weighted by Gasteiger charge is 2.42. The maximum atomic E-state index is 11.6. The zero-order chi connectivity index (χ0) is 18.3. The molecule has 134 valence electrons. The Hall–Kier alpha value is -2.78. The molecule has 0 saturated heterocycles. The first-order chi connectivity index (χ1) is 11.3. The van der Waals surface area contributed by atoms with Crippen LogP contribution in [-0.2, 0) is 28.5 Å². The molecule has 1 aliphatic carbocycles. The number of rotatable bonds is 4. The molecule has 0 aromatic carbocycles. The predicted octanol–water partition coefficient (Wildman–Crippen LogP) is -0.131. The number of alkyl carbamates (subject to hydrolysis) is 2. The number of ether oxygens (including phenoxy) is 4. The van der Waals surface area contributed by atoms with Crippen LogP contribution in [0.5, 0.6) is 0 Å². The second kappa shape index (κ2) is 8.75. The first-order valence-electron chi connectivity index (χ1n) is 7.00. The summed E-state index contributed by atoms with van der Waals surface area (Å²) < 4.78 is 19.3. The standard InChI is InChI=1S/C14H20N2O8/c1-7(17)23-9-5-6-10(24-8(2)18)12(16-14(20)22-4)11(9)15-13(19)21-3/h5-6,9-12H,1-4H3,(H,15,19)(H,16,20)/t9-,10+,11-,12-/m1/s1. The molecule has 0 aliphatic heterocycles. The van der Waals surface area contributed by atoms with Gasteiger partial charge in [-0.1, -0.05) is 0 Å². The summed E-state index contributed by atoms with van der Waals surface area (Å²) in [5.41, 5.74) is 0. The minimum Gasteiger partial charge on any atom is -0.456 e. The van der Waals surface area contributed by atoms with Gasteiger partial charge in [0.25, 0.3) is 0 Å². The van der Waals surface area contributed by atoms with E-state index in [4.69, 9.17) is 9.47 Å². The number of carbonyl (C=O) groups excluding carboxylic acids is 4. The SMILES string of the molecule is COC(=O)N[C@H]1[C@H](NC(=O)OC)[C@H](OC(C)=O)C=C[C@@H]1OC(C)=O. The smallest absolute Gasteiger partial charge is 0.407 e. The quantitative estimate of drug-likeness (QED) is 0.410. The van der Waals surface area contributed by atoms with Crippen LogP contribution < -0.4 is 10.6 Å². The fourth-order valence-electron chi connectivity index (χ4n) is 2.21. The fraction of sp³-hybridized carbons (Fsp3) is 0.571. The number of hydrogen-bond donors (Lipinski definition) is 2. The Balaban J connectivity index is 3.15. The van der Waals surface area contributed by atoms with E-state index in [1.54, 1.807) is 0 Å². The number of methoxy groups -OCH3 is 2. The third-order valence-electron chi connectivity index (χ3n) is 3.13. The normalized spacial score (nSPS) is 25.2. The summed E-state index contributed by atoms with van der Waals surface area (Å²) >= 11 is 0. The average molecular weight is 344 g/mol. The Morgan fingerprint density at radius 1 is 0.750 bits per heavy atom. The molecule has 0 saturated carbocycles. The summed E-state index contributed by atoms with van der Waals surface area (Å²) in [4.78, 5) is 45.7. The van der Waals surface area contributed by atoms with Crippen LogP contribution in [0, 0.1) is 0 Å². The Bertz CT molecular complexity index is 487. The van der Waals surface area contributed by atoms with Gasteiger partial charge in [-0.05, 0) is 12.2 Å². The average Bonchev–Trinajstić information content (AvgIpc) is 2.51. The molecule has 2 N–H and O–H groups in total. The van der Waals surface area contributed by atoms with Crippen molar-refractivity contribution in [3.05, 3.63) is 12.2 Å². The molecule has 0 bridgehead atoms. The van der Waals surface area contributed by atoms with Crippen LogP contribution in [0.1, 0.15) is 13.8 Å². The van der Waals surface area contributed by atoms with Crippen molar-refractivity contribution in [3.63, 3.8) is 0 Å². The van der Waals surface area contributed by atoms with Crippen molar-refractivity contribution in [1.82, 2.24) is 10.6 Å². The molecule has 2 amide bonds. The second-order valence-electron chi connectivity index (χ2n) is 4.86. The third kappa shape index (κ3) is 5.45. The van der Waals surface area contributed by atoms with Crippen LogP contribution in [0.2, 0.25) is 0 Å². The van der Waals surface area contributed by atoms with Gasteiger partial charge < -0.3 is 29.6 Å². The van der Waals surface area contributed by atoms with Gasteiger partial charge in [-0.3, -0.25) is 9.59 Å². The molecule has 24 heavy (non-hydrogen) atoms. The molecule has 0 spiro atoms. The van der Waals surface area contributed by atoms with E-state index in [9.17, 15) is 19.2 Å². The molecule has 10 nitrogen and oxygen atoms in total. The number of amides is 2. The van der Waals surface area contributed by atoms with Gasteiger partial charge in [0.2, 0.25) is 0 Å². The van der Waals surface area contributed by atoms with Gasteiger partial charge >= 0.3 is 24.1 Å². The Kier molecular flexibility index (Phi) is 7.02. The first-order valence-corrected chi connectivity index (χ1v) is 7.00. The maximum absolute atomic E-state index is 11.6. The van der Waals surface area contributed by atoms with Crippen LogP contribution >= 0.6 is 0 Å². The van der Waals surface area contributed by atoms with Gasteiger partial charge in [0.05, 0.1) is 26.3 Å². The van der Waals surface area contributed by atoms with Crippen molar-refractivity contribution in [2.45, 2.75) is 38.1 Å². The molecule has 0 aromatic rings. The summed E-state index contributed by atoms with van der Waals surface area (Å²) in [5, 5.41) is 4.91. The highest BCUT2D eigenvalue weighted by Crippen LogP contribution is 2.20. The van der Waals surface area contributed by atoms with Crippen LogP contribution in [0.4, 0.5) is 9.59 Å². The lowest BCUT2D eigenvalue weighted by Crippen LogP contribution is -2.63. The molecule has 0 fully saturated rings. The van der Waals surface area contributed by atoms with E-state index >= 15 is 0 Å². The summed E-state index contributed by atoms with van der Waals surface area (Å²) in [5.74, 6) is -1.19. The van der Waals surface area contributed by atoms with Crippen molar-refractivity contribution < 1.29 is 38.1 Å². The van der Waals surface area contributed by atoms with E-state index in [1.807, 2.05) is 0 Å². The first kappa shape index (κ1) is 19.3. The fourth-order valence-corrected chi connectivity index (χ4v) is 2.21. The molecule has 1 aliphatic rings. The predicted molar refractivity (Wildman–Crippen MR) is 78.9 cm³/mol. The van der Waals surface area contributed by atoms with E-state index in [-0.39, 0.29) is 0 Å². The van der Waals surface area contributed by atoms with E-state index < -0.39 is 48.4 Å². The Morgan fingerprint density at radius 3 is 1.33 bits per heavy atom. The van der Waals surface area contributed by atoms with E-state index in [0.717, 1.165) is 14.2 Å². The summed E-state index contributed by atoms with van der Waals surface area (Å²) in [6, 6.07) is -1.90. The largest absolute Gasteiger partial charge is 0.456 e. The second-order valence-corrected chi connectivity index (χ2v) is 4.86. The zero-order valence-electron chi connectivity index (χ0n) is 13.7. The maximum Gasteiger partial charge on any atom is 0.407 e. The van der Waals surface area contributed by atoms with Gasteiger partial charge in [-0.25, -0.2) is 9.59 Å². The molecular weight excluding hydrogens is 324 g/mol. The molecule has 0 unspecified atom stereocenters. The third-order valence-corrected chi connectivity index (χ3v) is 3.13. The van der Waals surface area contributed by atoms with Crippen molar-refractivity contribution in [3.8, 4) is 0 Å². The summed E-state index contributed by atoms with van der Waals surface area (Å²) in [6.07, 6.45) is -0.543. The molecule has 1 rings (SSSR count). The van der Waals surface area contributed by atoms with Crippen LogP contribution in [0.3, 0.4) is 0 Å². The van der Waals surface area contributed by atoms with E-state index in [2.05, 4.69) is 20.1 Å². The Labute approximate surface area is 138 Å². The van der Waals surface area contributed by atoms with E-state index in [1.165, 1.54) is 26.0 Å². The van der Waals surface area contributed by atoms with Gasteiger partial charge in [0, 0.05) is 13.8 Å². The topological polar surface area (TPSA) is 129 Å². The molecule has 0 heterocycles. The van der Waals surface area contributed by atoms with Gasteiger partial charge in [0.15, 0.2) is 0 Å². The number of hydrogen-bond acceptors (Lipinski definition) is 8.